The molecule has 1 aromatic carbocycles. The van der Waals surface area contributed by atoms with E-state index in [1.54, 1.807) is 6.20 Å². The van der Waals surface area contributed by atoms with E-state index >= 15 is 0 Å². The van der Waals surface area contributed by atoms with Crippen molar-refractivity contribution in [1.29, 1.82) is 0 Å². The van der Waals surface area contributed by atoms with Crippen LogP contribution in [-0.4, -0.2) is 15.0 Å². The highest BCUT2D eigenvalue weighted by Gasteiger charge is 2.05. The van der Waals surface area contributed by atoms with Crippen LogP contribution in [0.2, 0.25) is 0 Å². The molecule has 4 N–H and O–H groups in total. The van der Waals surface area contributed by atoms with Crippen LogP contribution in [0.5, 0.6) is 0 Å². The number of hydrogen-bond donors (Lipinski definition) is 3. The molecule has 0 amide bonds. The van der Waals surface area contributed by atoms with Crippen LogP contribution < -0.4 is 11.1 Å². The van der Waals surface area contributed by atoms with E-state index < -0.39 is 0 Å². The van der Waals surface area contributed by atoms with E-state index in [-0.39, 0.29) is 0 Å². The second-order valence-electron chi connectivity index (χ2n) is 4.12. The Balaban J connectivity index is 1.97. The van der Waals surface area contributed by atoms with Gasteiger partial charge in [-0.3, -0.25) is 4.98 Å². The number of benzene rings is 1. The SMILES string of the molecule is Cc1nc(Nc2ccc3ncccc3c2)c(N)[nH]1. The van der Waals surface area contributed by atoms with Crippen molar-refractivity contribution < 1.29 is 0 Å². The van der Waals surface area contributed by atoms with Crippen LogP contribution in [0.1, 0.15) is 5.82 Å². The number of imidazole rings is 1. The van der Waals surface area contributed by atoms with Gasteiger partial charge < -0.3 is 16.0 Å². The average Bonchev–Trinajstić information content (AvgIpc) is 2.68. The lowest BCUT2D eigenvalue weighted by Gasteiger charge is -2.05. The van der Waals surface area contributed by atoms with Crippen molar-refractivity contribution in [1.82, 2.24) is 15.0 Å². The zero-order chi connectivity index (χ0) is 12.5. The minimum Gasteiger partial charge on any atom is -0.382 e. The van der Waals surface area contributed by atoms with Gasteiger partial charge in [-0.25, -0.2) is 4.98 Å². The van der Waals surface area contributed by atoms with E-state index in [4.69, 9.17) is 5.73 Å². The summed E-state index contributed by atoms with van der Waals surface area (Å²) in [5.74, 6) is 1.98. The third-order valence-corrected chi connectivity index (χ3v) is 2.72. The highest BCUT2D eigenvalue weighted by Crippen LogP contribution is 2.23. The maximum Gasteiger partial charge on any atom is 0.173 e. The average molecular weight is 239 g/mol. The Kier molecular flexibility index (Phi) is 2.37. The smallest absolute Gasteiger partial charge is 0.173 e. The Morgan fingerprint density at radius 1 is 1.28 bits per heavy atom. The summed E-state index contributed by atoms with van der Waals surface area (Å²) < 4.78 is 0. The van der Waals surface area contributed by atoms with Gasteiger partial charge in [0.25, 0.3) is 0 Å². The van der Waals surface area contributed by atoms with Crippen LogP contribution in [0, 0.1) is 6.92 Å². The highest BCUT2D eigenvalue weighted by atomic mass is 15.1. The largest absolute Gasteiger partial charge is 0.382 e. The molecule has 0 saturated carbocycles. The first-order valence-corrected chi connectivity index (χ1v) is 5.66. The summed E-state index contributed by atoms with van der Waals surface area (Å²) in [5.41, 5.74) is 7.71. The number of anilines is 3. The molecule has 3 aromatic rings. The quantitative estimate of drug-likeness (QED) is 0.642. The number of hydrogen-bond acceptors (Lipinski definition) is 4. The maximum atomic E-state index is 5.81. The van der Waals surface area contributed by atoms with Crippen LogP contribution in [0.4, 0.5) is 17.3 Å². The molecule has 0 aliphatic rings. The molecule has 0 unspecified atom stereocenters. The van der Waals surface area contributed by atoms with Crippen molar-refractivity contribution in [2.24, 2.45) is 0 Å². The molecule has 0 saturated heterocycles. The van der Waals surface area contributed by atoms with Crippen molar-refractivity contribution in [3.05, 3.63) is 42.4 Å². The second-order valence-corrected chi connectivity index (χ2v) is 4.12. The predicted octanol–water partition coefficient (Wildman–Crippen LogP) is 2.59. The van der Waals surface area contributed by atoms with E-state index in [1.165, 1.54) is 0 Å². The molecule has 0 radical (unpaired) electrons. The maximum absolute atomic E-state index is 5.81. The van der Waals surface area contributed by atoms with Gasteiger partial charge in [-0.05, 0) is 31.2 Å². The Labute approximate surface area is 104 Å². The van der Waals surface area contributed by atoms with Gasteiger partial charge >= 0.3 is 0 Å². The first-order chi connectivity index (χ1) is 8.72. The van der Waals surface area contributed by atoms with Gasteiger partial charge in [-0.1, -0.05) is 6.07 Å². The van der Waals surface area contributed by atoms with Crippen molar-refractivity contribution in [2.45, 2.75) is 6.92 Å². The molecular formula is C13H13N5. The van der Waals surface area contributed by atoms with Gasteiger partial charge in [0.15, 0.2) is 5.82 Å². The number of nitrogens with one attached hydrogen (secondary N) is 2. The van der Waals surface area contributed by atoms with E-state index in [0.717, 1.165) is 22.4 Å². The molecule has 0 atom stereocenters. The third-order valence-electron chi connectivity index (χ3n) is 2.72. The number of nitrogens with two attached hydrogens (primary N) is 1. The number of nitrogen functional groups attached to an aromatic ring is 1. The molecule has 5 heteroatoms. The zero-order valence-corrected chi connectivity index (χ0v) is 9.94. The van der Waals surface area contributed by atoms with Crippen LogP contribution in [-0.2, 0) is 0 Å². The second kappa shape index (κ2) is 4.03. The van der Waals surface area contributed by atoms with Crippen molar-refractivity contribution in [3.8, 4) is 0 Å². The molecule has 2 aromatic heterocycles. The molecule has 5 nitrogen and oxygen atoms in total. The number of fused-ring (bicyclic) bond motifs is 1. The van der Waals surface area contributed by atoms with E-state index in [0.29, 0.717) is 11.6 Å². The number of aromatic nitrogens is 3. The highest BCUT2D eigenvalue weighted by molar-refractivity contribution is 5.83. The zero-order valence-electron chi connectivity index (χ0n) is 9.94. The van der Waals surface area contributed by atoms with Gasteiger partial charge in [-0.2, -0.15) is 0 Å². The summed E-state index contributed by atoms with van der Waals surface area (Å²) >= 11 is 0. The lowest BCUT2D eigenvalue weighted by molar-refractivity contribution is 1.15. The number of H-pyrrole nitrogens is 1. The van der Waals surface area contributed by atoms with E-state index in [2.05, 4.69) is 20.3 Å². The Morgan fingerprint density at radius 3 is 2.94 bits per heavy atom. The van der Waals surface area contributed by atoms with Gasteiger partial charge in [0.2, 0.25) is 0 Å². The number of rotatable bonds is 2. The van der Waals surface area contributed by atoms with Crippen LogP contribution in [0.15, 0.2) is 36.5 Å². The van der Waals surface area contributed by atoms with Crippen molar-refractivity contribution in [3.63, 3.8) is 0 Å². The summed E-state index contributed by atoms with van der Waals surface area (Å²) in [5, 5.41) is 4.27. The summed E-state index contributed by atoms with van der Waals surface area (Å²) in [6.07, 6.45) is 1.78. The molecule has 18 heavy (non-hydrogen) atoms. The summed E-state index contributed by atoms with van der Waals surface area (Å²) in [4.78, 5) is 11.5. The number of aryl methyl sites for hydroxylation is 1. The Hall–Kier alpha value is -2.56. The van der Waals surface area contributed by atoms with Gasteiger partial charge in [0.1, 0.15) is 11.6 Å². The minimum absolute atomic E-state index is 0.541. The minimum atomic E-state index is 0.541. The van der Waals surface area contributed by atoms with Gasteiger partial charge in [0.05, 0.1) is 5.52 Å². The number of pyridine rings is 1. The van der Waals surface area contributed by atoms with Crippen LogP contribution in [0.3, 0.4) is 0 Å². The Bertz CT molecular complexity index is 701. The molecule has 0 spiro atoms. The first kappa shape index (κ1) is 10.6. The van der Waals surface area contributed by atoms with Gasteiger partial charge in [-0.15, -0.1) is 0 Å². The number of aromatic amines is 1. The fourth-order valence-electron chi connectivity index (χ4n) is 1.90. The lowest BCUT2D eigenvalue weighted by Crippen LogP contribution is -1.95. The Morgan fingerprint density at radius 2 is 2.17 bits per heavy atom. The first-order valence-electron chi connectivity index (χ1n) is 5.66. The fourth-order valence-corrected chi connectivity index (χ4v) is 1.90. The summed E-state index contributed by atoms with van der Waals surface area (Å²) in [7, 11) is 0. The molecule has 0 bridgehead atoms. The summed E-state index contributed by atoms with van der Waals surface area (Å²) in [6.45, 7) is 1.87. The van der Waals surface area contributed by atoms with Crippen LogP contribution >= 0.6 is 0 Å². The molecule has 90 valence electrons. The molecule has 0 aliphatic carbocycles. The summed E-state index contributed by atoms with van der Waals surface area (Å²) in [6, 6.07) is 9.88. The van der Waals surface area contributed by atoms with E-state index in [9.17, 15) is 0 Å². The standard InChI is InChI=1S/C13H13N5/c1-8-16-12(14)13(17-8)18-10-4-5-11-9(7-10)3-2-6-15-11/h2-7,18H,14H2,1H3,(H,16,17). The third kappa shape index (κ3) is 1.86. The normalized spacial score (nSPS) is 10.7. The van der Waals surface area contributed by atoms with Gasteiger partial charge in [0, 0.05) is 17.3 Å². The van der Waals surface area contributed by atoms with Crippen LogP contribution in [0.25, 0.3) is 10.9 Å². The monoisotopic (exact) mass is 239 g/mol. The molecule has 0 fully saturated rings. The molecular weight excluding hydrogens is 226 g/mol. The molecule has 3 rings (SSSR count). The van der Waals surface area contributed by atoms with Crippen molar-refractivity contribution >= 4 is 28.2 Å². The van der Waals surface area contributed by atoms with Crippen molar-refractivity contribution in [2.75, 3.05) is 11.1 Å². The topological polar surface area (TPSA) is 79.6 Å². The lowest BCUT2D eigenvalue weighted by atomic mass is 10.2. The predicted molar refractivity (Wildman–Crippen MR) is 72.8 cm³/mol. The number of nitrogens with zero attached hydrogens (tertiary/aromatic N) is 2. The molecule has 2 heterocycles. The van der Waals surface area contributed by atoms with E-state index in [1.807, 2.05) is 37.3 Å². The fraction of sp³-hybridized carbons (Fsp3) is 0.0769. The molecule has 0 aliphatic heterocycles.